The van der Waals surface area contributed by atoms with Gasteiger partial charge >= 0.3 is 12.1 Å². The summed E-state index contributed by atoms with van der Waals surface area (Å²) in [5.74, 6) is -3.33. The lowest BCUT2D eigenvalue weighted by molar-refractivity contribution is -0.192. The lowest BCUT2D eigenvalue weighted by Crippen LogP contribution is -2.62. The zero-order valence-corrected chi connectivity index (χ0v) is 24.7. The van der Waals surface area contributed by atoms with Gasteiger partial charge in [0.1, 0.15) is 17.6 Å². The van der Waals surface area contributed by atoms with Crippen molar-refractivity contribution in [2.45, 2.75) is 70.3 Å². The molecule has 3 N–H and O–H groups in total. The number of benzene rings is 1. The Morgan fingerprint density at radius 1 is 1.05 bits per heavy atom. The van der Waals surface area contributed by atoms with E-state index in [9.17, 15) is 31.9 Å². The van der Waals surface area contributed by atoms with E-state index in [4.69, 9.17) is 9.90 Å². The number of aliphatic carboxylic acids is 1. The maximum Gasteiger partial charge on any atom is 0.490 e. The van der Waals surface area contributed by atoms with E-state index in [1.54, 1.807) is 42.6 Å². The van der Waals surface area contributed by atoms with Crippen molar-refractivity contribution in [3.05, 3.63) is 35.8 Å². The van der Waals surface area contributed by atoms with Gasteiger partial charge in [0.2, 0.25) is 11.8 Å². The number of aromatic nitrogens is 1. The van der Waals surface area contributed by atoms with E-state index in [-0.39, 0.29) is 41.5 Å². The first-order valence-corrected chi connectivity index (χ1v) is 14.3. The van der Waals surface area contributed by atoms with Crippen LogP contribution in [-0.4, -0.2) is 94.1 Å². The topological polar surface area (TPSA) is 124 Å². The summed E-state index contributed by atoms with van der Waals surface area (Å²) in [5, 5.41) is 13.8. The second kappa shape index (κ2) is 14.2. The molecule has 4 rings (SSSR count). The van der Waals surface area contributed by atoms with Gasteiger partial charge in [-0.3, -0.25) is 14.4 Å². The highest BCUT2D eigenvalue weighted by molar-refractivity contribution is 5.99. The van der Waals surface area contributed by atoms with Crippen molar-refractivity contribution in [1.29, 1.82) is 0 Å². The Balaban J connectivity index is 0.000000646. The summed E-state index contributed by atoms with van der Waals surface area (Å²) in [6, 6.07) is 5.10. The number of fused-ring (bicyclic) bond motifs is 1. The number of carbonyl (C=O) groups excluding carboxylic acids is 3. The maximum absolute atomic E-state index is 13.8. The largest absolute Gasteiger partial charge is 0.490 e. The van der Waals surface area contributed by atoms with Gasteiger partial charge in [0.15, 0.2) is 0 Å². The predicted octanol–water partition coefficient (Wildman–Crippen LogP) is 3.30. The molecule has 0 radical (unpaired) electrons. The van der Waals surface area contributed by atoms with Gasteiger partial charge in [-0.05, 0) is 63.9 Å². The van der Waals surface area contributed by atoms with Crippen molar-refractivity contribution in [2.75, 3.05) is 26.7 Å². The van der Waals surface area contributed by atoms with Crippen LogP contribution >= 0.6 is 0 Å². The van der Waals surface area contributed by atoms with Crippen molar-refractivity contribution in [1.82, 2.24) is 25.0 Å². The third kappa shape index (κ3) is 8.24. The van der Waals surface area contributed by atoms with Crippen LogP contribution in [0.5, 0.6) is 0 Å². The van der Waals surface area contributed by atoms with E-state index in [2.05, 4.69) is 10.6 Å². The average Bonchev–Trinajstić information content (AvgIpc) is 3.29. The number of halogens is 4. The molecule has 1 aliphatic heterocycles. The van der Waals surface area contributed by atoms with Gasteiger partial charge in [0.25, 0.3) is 5.91 Å². The second-order valence-corrected chi connectivity index (χ2v) is 11.1. The van der Waals surface area contributed by atoms with Gasteiger partial charge in [-0.1, -0.05) is 19.3 Å². The Kier molecular flexibility index (Phi) is 11.2. The monoisotopic (exact) mass is 613 g/mol. The highest BCUT2D eigenvalue weighted by Gasteiger charge is 2.39. The van der Waals surface area contributed by atoms with Crippen LogP contribution in [0.15, 0.2) is 24.3 Å². The number of carbonyl (C=O) groups is 4. The predicted molar refractivity (Wildman–Crippen MR) is 151 cm³/mol. The first kappa shape index (κ1) is 33.8. The Morgan fingerprint density at radius 3 is 2.23 bits per heavy atom. The van der Waals surface area contributed by atoms with Crippen molar-refractivity contribution in [3.8, 4) is 0 Å². The van der Waals surface area contributed by atoms with E-state index >= 15 is 0 Å². The van der Waals surface area contributed by atoms with Crippen LogP contribution < -0.4 is 10.6 Å². The Bertz CT molecular complexity index is 1320. The number of amides is 3. The lowest BCUT2D eigenvalue weighted by atomic mass is 9.83. The van der Waals surface area contributed by atoms with Crippen molar-refractivity contribution < 1.29 is 41.8 Å². The summed E-state index contributed by atoms with van der Waals surface area (Å²) in [6.07, 6.45) is 0.0752. The molecule has 2 heterocycles. The smallest absolute Gasteiger partial charge is 0.475 e. The SMILES string of the molecule is CN[C@@H](C)C(=O)N[C@H](C(=O)N1CCN(C(=O)c2cc3cc(F)ccc3n2C)C[C@H]1C)C1CCCCC1.O=C(O)C(F)(F)F. The molecule has 43 heavy (non-hydrogen) atoms. The number of piperazine rings is 1. The molecule has 3 atom stereocenters. The molecule has 0 spiro atoms. The molecule has 3 amide bonds. The van der Waals surface area contributed by atoms with E-state index in [0.29, 0.717) is 30.7 Å². The van der Waals surface area contributed by atoms with Crippen LogP contribution in [0, 0.1) is 11.7 Å². The fraction of sp³-hybridized carbons (Fsp3) is 0.586. The third-order valence-corrected chi connectivity index (χ3v) is 8.18. The van der Waals surface area contributed by atoms with Gasteiger partial charge < -0.3 is 30.1 Å². The summed E-state index contributed by atoms with van der Waals surface area (Å²) in [5.41, 5.74) is 1.29. The van der Waals surface area contributed by atoms with Crippen molar-refractivity contribution >= 4 is 34.6 Å². The van der Waals surface area contributed by atoms with Gasteiger partial charge in [0, 0.05) is 43.6 Å². The summed E-state index contributed by atoms with van der Waals surface area (Å²) in [6.45, 7) is 4.95. The minimum Gasteiger partial charge on any atom is -0.475 e. The summed E-state index contributed by atoms with van der Waals surface area (Å²) < 4.78 is 47.2. The number of carboxylic acids is 1. The van der Waals surface area contributed by atoms with Crippen LogP contribution in [0.4, 0.5) is 17.6 Å². The zero-order chi connectivity index (χ0) is 32.1. The summed E-state index contributed by atoms with van der Waals surface area (Å²) >= 11 is 0. The molecule has 0 bridgehead atoms. The standard InChI is InChI=1S/C27H38FN5O3.C2HF3O2/c1-17-16-32(26(35)23-15-20-14-21(28)10-11-22(20)31(23)4)12-13-33(17)27(36)24(19-8-6-5-7-9-19)30-25(34)18(2)29-3;3-2(4,5)1(6)7/h10-11,14-15,17-19,24,29H,5-9,12-13,16H2,1-4H3,(H,30,34);(H,6,7)/t17-,18+,24+;/m1./s1. The molecule has 14 heteroatoms. The van der Waals surface area contributed by atoms with Crippen LogP contribution in [0.3, 0.4) is 0 Å². The molecule has 1 saturated carbocycles. The molecule has 1 aliphatic carbocycles. The summed E-state index contributed by atoms with van der Waals surface area (Å²) in [7, 11) is 3.53. The van der Waals surface area contributed by atoms with Crippen molar-refractivity contribution in [3.63, 3.8) is 0 Å². The molecule has 2 aliphatic rings. The number of carboxylic acid groups (broad SMARTS) is 1. The highest BCUT2D eigenvalue weighted by atomic mass is 19.4. The number of nitrogens with zero attached hydrogens (tertiary/aromatic N) is 3. The average molecular weight is 614 g/mol. The van der Waals surface area contributed by atoms with Crippen LogP contribution in [0.1, 0.15) is 56.4 Å². The van der Waals surface area contributed by atoms with Gasteiger partial charge in [-0.25, -0.2) is 9.18 Å². The number of nitrogens with one attached hydrogen (secondary N) is 2. The number of hydrogen-bond donors (Lipinski definition) is 3. The van der Waals surface area contributed by atoms with Crippen LogP contribution in [-0.2, 0) is 21.4 Å². The minimum absolute atomic E-state index is 0.0572. The molecule has 2 fully saturated rings. The molecule has 10 nitrogen and oxygen atoms in total. The van der Waals surface area contributed by atoms with Crippen LogP contribution in [0.2, 0.25) is 0 Å². The molecule has 1 saturated heterocycles. The van der Waals surface area contributed by atoms with Gasteiger partial charge in [0.05, 0.1) is 6.04 Å². The zero-order valence-electron chi connectivity index (χ0n) is 24.7. The highest BCUT2D eigenvalue weighted by Crippen LogP contribution is 2.29. The van der Waals surface area contributed by atoms with Gasteiger partial charge in [-0.2, -0.15) is 13.2 Å². The van der Waals surface area contributed by atoms with E-state index in [1.165, 1.54) is 12.1 Å². The maximum atomic E-state index is 13.8. The Hall–Kier alpha value is -3.68. The fourth-order valence-corrected chi connectivity index (χ4v) is 5.59. The first-order valence-electron chi connectivity index (χ1n) is 14.3. The third-order valence-electron chi connectivity index (χ3n) is 8.18. The molecule has 238 valence electrons. The Labute approximate surface area is 247 Å². The molecule has 0 unspecified atom stereocenters. The van der Waals surface area contributed by atoms with E-state index in [1.807, 2.05) is 11.8 Å². The van der Waals surface area contributed by atoms with Crippen molar-refractivity contribution in [2.24, 2.45) is 13.0 Å². The van der Waals surface area contributed by atoms with Gasteiger partial charge in [-0.15, -0.1) is 0 Å². The second-order valence-electron chi connectivity index (χ2n) is 11.1. The molecular formula is C29H39F4N5O5. The quantitative estimate of drug-likeness (QED) is 0.430. The van der Waals surface area contributed by atoms with E-state index < -0.39 is 18.2 Å². The molecular weight excluding hydrogens is 574 g/mol. The lowest BCUT2D eigenvalue weighted by Gasteiger charge is -2.43. The molecule has 1 aromatic carbocycles. The number of hydrogen-bond acceptors (Lipinski definition) is 5. The normalized spacial score (nSPS) is 19.3. The number of rotatable bonds is 6. The molecule has 1 aromatic heterocycles. The summed E-state index contributed by atoms with van der Waals surface area (Å²) in [4.78, 5) is 52.3. The number of aryl methyl sites for hydroxylation is 1. The minimum atomic E-state index is -5.08. The number of alkyl halides is 3. The Morgan fingerprint density at radius 2 is 1.67 bits per heavy atom. The van der Waals surface area contributed by atoms with E-state index in [0.717, 1.165) is 37.6 Å². The fourth-order valence-electron chi connectivity index (χ4n) is 5.59. The van der Waals surface area contributed by atoms with Crippen LogP contribution in [0.25, 0.3) is 10.9 Å². The number of likely N-dealkylation sites (N-methyl/N-ethyl adjacent to an activating group) is 1. The molecule has 2 aromatic rings. The first-order chi connectivity index (χ1) is 20.1.